The molecule has 2 N–H and O–H groups in total. The lowest BCUT2D eigenvalue weighted by Gasteiger charge is -2.27. The summed E-state index contributed by atoms with van der Waals surface area (Å²) in [5, 5.41) is 5.61. The molecule has 24 heavy (non-hydrogen) atoms. The molecule has 0 aliphatic heterocycles. The molecular formula is C18H21FN2O3. The average Bonchev–Trinajstić information content (AvgIpc) is 2.55. The van der Waals surface area contributed by atoms with Gasteiger partial charge >= 0.3 is 6.03 Å². The molecule has 0 aliphatic carbocycles. The molecule has 0 heterocycles. The Labute approximate surface area is 140 Å². The van der Waals surface area contributed by atoms with Gasteiger partial charge in [-0.15, -0.1) is 0 Å². The van der Waals surface area contributed by atoms with Crippen LogP contribution in [-0.4, -0.2) is 20.3 Å². The Morgan fingerprint density at radius 3 is 2.29 bits per heavy atom. The summed E-state index contributed by atoms with van der Waals surface area (Å²) in [7, 11) is 3.07. The molecule has 0 spiro atoms. The first-order chi connectivity index (χ1) is 11.4. The molecule has 2 aromatic carbocycles. The summed E-state index contributed by atoms with van der Waals surface area (Å²) in [4.78, 5) is 12.3. The standard InChI is InChI=1S/C18H21FN2O3/c1-18(2,12-5-7-13(19)8-6-12)21-17(22)20-15-10-9-14(23-3)11-16(15)24-4/h5-11H,1-4H3,(H2,20,21,22). The Balaban J connectivity index is 2.11. The molecule has 128 valence electrons. The number of benzene rings is 2. The number of carbonyl (C=O) groups excluding carboxylic acids is 1. The lowest BCUT2D eigenvalue weighted by Crippen LogP contribution is -2.43. The van der Waals surface area contributed by atoms with E-state index in [4.69, 9.17) is 9.47 Å². The van der Waals surface area contributed by atoms with E-state index in [1.807, 2.05) is 13.8 Å². The number of anilines is 1. The van der Waals surface area contributed by atoms with E-state index in [1.165, 1.54) is 19.2 Å². The maximum absolute atomic E-state index is 13.0. The zero-order chi connectivity index (χ0) is 17.7. The first kappa shape index (κ1) is 17.6. The van der Waals surface area contributed by atoms with Crippen LogP contribution in [0.2, 0.25) is 0 Å². The van der Waals surface area contributed by atoms with Crippen LogP contribution in [0, 0.1) is 5.82 Å². The zero-order valence-corrected chi connectivity index (χ0v) is 14.1. The van der Waals surface area contributed by atoms with Gasteiger partial charge in [0, 0.05) is 6.07 Å². The van der Waals surface area contributed by atoms with Gasteiger partial charge in [-0.1, -0.05) is 12.1 Å². The van der Waals surface area contributed by atoms with E-state index in [-0.39, 0.29) is 5.82 Å². The Morgan fingerprint density at radius 2 is 1.71 bits per heavy atom. The normalized spacial score (nSPS) is 10.9. The zero-order valence-electron chi connectivity index (χ0n) is 14.1. The van der Waals surface area contributed by atoms with E-state index in [0.29, 0.717) is 17.2 Å². The maximum Gasteiger partial charge on any atom is 0.320 e. The number of hydrogen-bond acceptors (Lipinski definition) is 3. The molecule has 2 rings (SSSR count). The summed E-state index contributed by atoms with van der Waals surface area (Å²) >= 11 is 0. The topological polar surface area (TPSA) is 59.6 Å². The van der Waals surface area contributed by atoms with Gasteiger partial charge in [-0.2, -0.15) is 0 Å². The van der Waals surface area contributed by atoms with Crippen LogP contribution < -0.4 is 20.1 Å². The summed E-state index contributed by atoms with van der Waals surface area (Å²) in [6.07, 6.45) is 0. The van der Waals surface area contributed by atoms with Crippen LogP contribution in [-0.2, 0) is 5.54 Å². The number of rotatable bonds is 5. The van der Waals surface area contributed by atoms with Gasteiger partial charge in [0.05, 0.1) is 25.4 Å². The van der Waals surface area contributed by atoms with E-state index in [1.54, 1.807) is 37.4 Å². The largest absolute Gasteiger partial charge is 0.497 e. The first-order valence-electron chi connectivity index (χ1n) is 7.43. The molecule has 2 amide bonds. The fraction of sp³-hybridized carbons (Fsp3) is 0.278. The van der Waals surface area contributed by atoms with Crippen LogP contribution in [0.4, 0.5) is 14.9 Å². The monoisotopic (exact) mass is 332 g/mol. The van der Waals surface area contributed by atoms with E-state index in [9.17, 15) is 9.18 Å². The van der Waals surface area contributed by atoms with Crippen molar-refractivity contribution in [3.63, 3.8) is 0 Å². The van der Waals surface area contributed by atoms with Gasteiger partial charge < -0.3 is 20.1 Å². The van der Waals surface area contributed by atoms with Crippen LogP contribution in [0.25, 0.3) is 0 Å². The molecule has 0 atom stereocenters. The van der Waals surface area contributed by atoms with E-state index < -0.39 is 11.6 Å². The summed E-state index contributed by atoms with van der Waals surface area (Å²) in [5.74, 6) is 0.801. The minimum absolute atomic E-state index is 0.318. The predicted molar refractivity (Wildman–Crippen MR) is 91.1 cm³/mol. The van der Waals surface area contributed by atoms with Gasteiger partial charge in [0.1, 0.15) is 17.3 Å². The molecule has 5 nitrogen and oxygen atoms in total. The van der Waals surface area contributed by atoms with Crippen LogP contribution in [0.5, 0.6) is 11.5 Å². The number of hydrogen-bond donors (Lipinski definition) is 2. The molecule has 0 radical (unpaired) electrons. The SMILES string of the molecule is COc1ccc(NC(=O)NC(C)(C)c2ccc(F)cc2)c(OC)c1. The lowest BCUT2D eigenvalue weighted by molar-refractivity contribution is 0.241. The number of methoxy groups -OCH3 is 2. The minimum Gasteiger partial charge on any atom is -0.497 e. The smallest absolute Gasteiger partial charge is 0.320 e. The number of urea groups is 1. The molecule has 0 aliphatic rings. The van der Waals surface area contributed by atoms with E-state index in [2.05, 4.69) is 10.6 Å². The van der Waals surface area contributed by atoms with Gasteiger partial charge in [0.15, 0.2) is 0 Å². The summed E-state index contributed by atoms with van der Waals surface area (Å²) < 4.78 is 23.4. The van der Waals surface area contributed by atoms with E-state index in [0.717, 1.165) is 5.56 Å². The molecule has 0 saturated carbocycles. The van der Waals surface area contributed by atoms with Crippen molar-refractivity contribution in [2.75, 3.05) is 19.5 Å². The van der Waals surface area contributed by atoms with Gasteiger partial charge in [0.2, 0.25) is 0 Å². The minimum atomic E-state index is -0.669. The fourth-order valence-electron chi connectivity index (χ4n) is 2.28. The predicted octanol–water partition coefficient (Wildman–Crippen LogP) is 3.90. The van der Waals surface area contributed by atoms with Crippen LogP contribution >= 0.6 is 0 Å². The van der Waals surface area contributed by atoms with E-state index >= 15 is 0 Å². The van der Waals surface area contributed by atoms with Gasteiger partial charge in [-0.3, -0.25) is 0 Å². The van der Waals surface area contributed by atoms with Crippen LogP contribution in [0.15, 0.2) is 42.5 Å². The van der Waals surface area contributed by atoms with Gasteiger partial charge in [0.25, 0.3) is 0 Å². The summed E-state index contributed by atoms with van der Waals surface area (Å²) in [6.45, 7) is 3.68. The van der Waals surface area contributed by atoms with Crippen molar-refractivity contribution in [3.8, 4) is 11.5 Å². The number of ether oxygens (including phenoxy) is 2. The highest BCUT2D eigenvalue weighted by Crippen LogP contribution is 2.29. The summed E-state index contributed by atoms with van der Waals surface area (Å²) in [6, 6.07) is 10.7. The highest BCUT2D eigenvalue weighted by Gasteiger charge is 2.23. The van der Waals surface area contributed by atoms with Crippen molar-refractivity contribution in [2.45, 2.75) is 19.4 Å². The lowest BCUT2D eigenvalue weighted by atomic mass is 9.94. The second kappa shape index (κ2) is 7.21. The quantitative estimate of drug-likeness (QED) is 0.873. The van der Waals surface area contributed by atoms with Gasteiger partial charge in [-0.05, 0) is 43.7 Å². The van der Waals surface area contributed by atoms with Crippen LogP contribution in [0.3, 0.4) is 0 Å². The molecule has 0 aromatic heterocycles. The van der Waals surface area contributed by atoms with Crippen molar-refractivity contribution >= 4 is 11.7 Å². The molecular weight excluding hydrogens is 311 g/mol. The Kier molecular flexibility index (Phi) is 5.28. The van der Waals surface area contributed by atoms with Crippen molar-refractivity contribution in [2.24, 2.45) is 0 Å². The average molecular weight is 332 g/mol. The van der Waals surface area contributed by atoms with Gasteiger partial charge in [-0.25, -0.2) is 9.18 Å². The first-order valence-corrected chi connectivity index (χ1v) is 7.43. The number of halogens is 1. The second-order valence-corrected chi connectivity index (χ2v) is 5.78. The highest BCUT2D eigenvalue weighted by molar-refractivity contribution is 5.91. The molecule has 0 fully saturated rings. The number of carbonyl (C=O) groups is 1. The van der Waals surface area contributed by atoms with Crippen LogP contribution in [0.1, 0.15) is 19.4 Å². The number of amides is 2. The Morgan fingerprint density at radius 1 is 1.04 bits per heavy atom. The molecule has 6 heteroatoms. The van der Waals surface area contributed by atoms with Crippen molar-refractivity contribution in [1.29, 1.82) is 0 Å². The molecule has 2 aromatic rings. The fourth-order valence-corrected chi connectivity index (χ4v) is 2.28. The third-order valence-electron chi connectivity index (χ3n) is 3.65. The Bertz CT molecular complexity index is 715. The van der Waals surface area contributed by atoms with Crippen molar-refractivity contribution in [1.82, 2.24) is 5.32 Å². The van der Waals surface area contributed by atoms with Crippen molar-refractivity contribution < 1.29 is 18.7 Å². The molecule has 0 bridgehead atoms. The molecule has 0 unspecified atom stereocenters. The molecule has 0 saturated heterocycles. The maximum atomic E-state index is 13.0. The third-order valence-corrected chi connectivity index (χ3v) is 3.65. The highest BCUT2D eigenvalue weighted by atomic mass is 19.1. The third kappa shape index (κ3) is 4.16. The number of nitrogens with one attached hydrogen (secondary N) is 2. The Hall–Kier alpha value is -2.76. The van der Waals surface area contributed by atoms with Crippen molar-refractivity contribution in [3.05, 3.63) is 53.8 Å². The summed E-state index contributed by atoms with van der Waals surface area (Å²) in [5.41, 5.74) is 0.642. The second-order valence-electron chi connectivity index (χ2n) is 5.78.